The van der Waals surface area contributed by atoms with E-state index in [2.05, 4.69) is 10.3 Å². The van der Waals surface area contributed by atoms with Gasteiger partial charge in [0.15, 0.2) is 5.13 Å². The number of carbonyl (C=O) groups excluding carboxylic acids is 1. The van der Waals surface area contributed by atoms with Crippen LogP contribution in [0.3, 0.4) is 0 Å². The Kier molecular flexibility index (Phi) is 6.27. The summed E-state index contributed by atoms with van der Waals surface area (Å²) >= 11 is 2.67. The highest BCUT2D eigenvalue weighted by Crippen LogP contribution is 2.33. The number of methoxy groups -OCH3 is 1. The molecule has 1 heterocycles. The molecule has 1 atom stereocenters. The summed E-state index contributed by atoms with van der Waals surface area (Å²) in [6.45, 7) is 1.81. The molecule has 2 aromatic carbocycles. The van der Waals surface area contributed by atoms with Crippen LogP contribution in [-0.4, -0.2) is 28.2 Å². The highest BCUT2D eigenvalue weighted by Gasteiger charge is 2.18. The van der Waals surface area contributed by atoms with Crippen molar-refractivity contribution in [3.8, 4) is 17.0 Å². The van der Waals surface area contributed by atoms with Crippen molar-refractivity contribution < 1.29 is 14.5 Å². The SMILES string of the molecule is COc1ccccc1SC(C)C(=O)Nc1nc(-c2cccc([N+](=O)[O-])c2)cs1. The molecule has 9 heteroatoms. The first-order chi connectivity index (χ1) is 13.5. The number of anilines is 1. The zero-order valence-corrected chi connectivity index (χ0v) is 16.8. The van der Waals surface area contributed by atoms with Crippen LogP contribution < -0.4 is 10.1 Å². The number of nitro groups is 1. The van der Waals surface area contributed by atoms with Crippen molar-refractivity contribution >= 4 is 39.8 Å². The third-order valence-corrected chi connectivity index (χ3v) is 5.75. The van der Waals surface area contributed by atoms with E-state index in [4.69, 9.17) is 4.74 Å². The molecule has 0 aliphatic rings. The number of non-ortho nitro benzene ring substituents is 1. The fourth-order valence-corrected chi connectivity index (χ4v) is 4.10. The molecular formula is C19H17N3O4S2. The second-order valence-electron chi connectivity index (χ2n) is 5.75. The Morgan fingerprint density at radius 2 is 2.07 bits per heavy atom. The van der Waals surface area contributed by atoms with Crippen molar-refractivity contribution in [2.24, 2.45) is 0 Å². The summed E-state index contributed by atoms with van der Waals surface area (Å²) in [6.07, 6.45) is 0. The lowest BCUT2D eigenvalue weighted by Crippen LogP contribution is -2.22. The third kappa shape index (κ3) is 4.68. The molecule has 0 radical (unpaired) electrons. The van der Waals surface area contributed by atoms with E-state index in [0.717, 1.165) is 4.90 Å². The van der Waals surface area contributed by atoms with E-state index in [-0.39, 0.29) is 16.8 Å². The number of nitro benzene ring substituents is 1. The summed E-state index contributed by atoms with van der Waals surface area (Å²) < 4.78 is 5.31. The van der Waals surface area contributed by atoms with Crippen LogP contribution in [-0.2, 0) is 4.79 Å². The minimum absolute atomic E-state index is 0.00193. The summed E-state index contributed by atoms with van der Waals surface area (Å²) in [5.74, 6) is 0.533. The lowest BCUT2D eigenvalue weighted by molar-refractivity contribution is -0.384. The lowest BCUT2D eigenvalue weighted by atomic mass is 10.1. The van der Waals surface area contributed by atoms with Gasteiger partial charge in [0, 0.05) is 23.1 Å². The van der Waals surface area contributed by atoms with Gasteiger partial charge in [-0.2, -0.15) is 0 Å². The van der Waals surface area contributed by atoms with Crippen LogP contribution in [0.1, 0.15) is 6.92 Å². The Balaban J connectivity index is 1.68. The van der Waals surface area contributed by atoms with Crippen LogP contribution in [0, 0.1) is 10.1 Å². The van der Waals surface area contributed by atoms with Crippen LogP contribution in [0.25, 0.3) is 11.3 Å². The minimum atomic E-state index is -0.449. The Bertz CT molecular complexity index is 1010. The molecular weight excluding hydrogens is 398 g/mol. The van der Waals surface area contributed by atoms with Crippen molar-refractivity contribution in [2.45, 2.75) is 17.1 Å². The molecule has 3 rings (SSSR count). The maximum atomic E-state index is 12.5. The first-order valence-electron chi connectivity index (χ1n) is 8.29. The number of benzene rings is 2. The summed E-state index contributed by atoms with van der Waals surface area (Å²) in [5, 5.41) is 15.6. The van der Waals surface area contributed by atoms with Gasteiger partial charge in [0.25, 0.3) is 5.69 Å². The Labute approximate surface area is 169 Å². The summed E-state index contributed by atoms with van der Waals surface area (Å²) in [5.41, 5.74) is 1.20. The van der Waals surface area contributed by atoms with Crippen molar-refractivity contribution in [2.75, 3.05) is 12.4 Å². The van der Waals surface area contributed by atoms with Crippen LogP contribution in [0.15, 0.2) is 58.8 Å². The number of hydrogen-bond acceptors (Lipinski definition) is 7. The molecule has 1 N–H and O–H groups in total. The number of nitrogens with zero attached hydrogens (tertiary/aromatic N) is 2. The number of carbonyl (C=O) groups is 1. The Morgan fingerprint density at radius 1 is 1.29 bits per heavy atom. The number of thiazole rings is 1. The molecule has 1 unspecified atom stereocenters. The zero-order chi connectivity index (χ0) is 20.1. The highest BCUT2D eigenvalue weighted by molar-refractivity contribution is 8.00. The topological polar surface area (TPSA) is 94.4 Å². The van der Waals surface area contributed by atoms with Crippen LogP contribution in [0.5, 0.6) is 5.75 Å². The number of hydrogen-bond donors (Lipinski definition) is 1. The standard InChI is InChI=1S/C19H17N3O4S2/c1-12(28-17-9-4-3-8-16(17)26-2)18(23)21-19-20-15(11-27-19)13-6-5-7-14(10-13)22(24)25/h3-12H,1-2H3,(H,20,21,23). The molecule has 0 aliphatic heterocycles. The zero-order valence-electron chi connectivity index (χ0n) is 15.1. The van der Waals surface area contributed by atoms with E-state index >= 15 is 0 Å². The smallest absolute Gasteiger partial charge is 0.270 e. The fourth-order valence-electron chi connectivity index (χ4n) is 2.41. The van der Waals surface area contributed by atoms with Gasteiger partial charge < -0.3 is 10.1 Å². The van der Waals surface area contributed by atoms with Crippen LogP contribution in [0.2, 0.25) is 0 Å². The van der Waals surface area contributed by atoms with Crippen LogP contribution >= 0.6 is 23.1 Å². The first-order valence-corrected chi connectivity index (χ1v) is 10.0. The van der Waals surface area contributed by atoms with Gasteiger partial charge in [-0.15, -0.1) is 23.1 Å². The lowest BCUT2D eigenvalue weighted by Gasteiger charge is -2.12. The maximum Gasteiger partial charge on any atom is 0.270 e. The first kappa shape index (κ1) is 19.8. The van der Waals surface area contributed by atoms with E-state index in [1.165, 1.54) is 35.2 Å². The maximum absolute atomic E-state index is 12.5. The molecule has 1 aromatic heterocycles. The van der Waals surface area contributed by atoms with E-state index in [0.29, 0.717) is 22.1 Å². The van der Waals surface area contributed by atoms with Gasteiger partial charge in [-0.1, -0.05) is 24.3 Å². The monoisotopic (exact) mass is 415 g/mol. The molecule has 0 fully saturated rings. The van der Waals surface area contributed by atoms with Crippen molar-refractivity contribution in [3.05, 3.63) is 64.0 Å². The molecule has 0 spiro atoms. The average Bonchev–Trinajstić information content (AvgIpc) is 3.17. The normalized spacial score (nSPS) is 11.6. The minimum Gasteiger partial charge on any atom is -0.496 e. The highest BCUT2D eigenvalue weighted by atomic mass is 32.2. The number of nitrogens with one attached hydrogen (secondary N) is 1. The van der Waals surface area contributed by atoms with E-state index in [1.807, 2.05) is 31.2 Å². The van der Waals surface area contributed by atoms with Crippen molar-refractivity contribution in [3.63, 3.8) is 0 Å². The molecule has 0 saturated carbocycles. The fraction of sp³-hybridized carbons (Fsp3) is 0.158. The third-order valence-electron chi connectivity index (χ3n) is 3.83. The number of thioether (sulfide) groups is 1. The molecule has 1 amide bonds. The predicted octanol–water partition coefficient (Wildman–Crippen LogP) is 4.85. The number of para-hydroxylation sites is 1. The number of amides is 1. The number of aromatic nitrogens is 1. The summed E-state index contributed by atoms with van der Waals surface area (Å²) in [7, 11) is 1.59. The summed E-state index contributed by atoms with van der Waals surface area (Å²) in [6, 6.07) is 13.7. The Morgan fingerprint density at radius 3 is 2.82 bits per heavy atom. The average molecular weight is 415 g/mol. The van der Waals surface area contributed by atoms with Crippen molar-refractivity contribution in [1.29, 1.82) is 0 Å². The van der Waals surface area contributed by atoms with Gasteiger partial charge in [0.05, 0.1) is 27.9 Å². The van der Waals surface area contributed by atoms with E-state index < -0.39 is 4.92 Å². The van der Waals surface area contributed by atoms with Gasteiger partial charge in [0.2, 0.25) is 5.91 Å². The molecule has 3 aromatic rings. The van der Waals surface area contributed by atoms with Crippen molar-refractivity contribution in [1.82, 2.24) is 4.98 Å². The number of ether oxygens (including phenoxy) is 1. The Hall–Kier alpha value is -2.91. The molecule has 0 bridgehead atoms. The van der Waals surface area contributed by atoms with Gasteiger partial charge in [-0.3, -0.25) is 14.9 Å². The number of rotatable bonds is 7. The molecule has 144 valence electrons. The summed E-state index contributed by atoms with van der Waals surface area (Å²) in [4.78, 5) is 28.2. The second kappa shape index (κ2) is 8.85. The van der Waals surface area contributed by atoms with Gasteiger partial charge in [-0.25, -0.2) is 4.98 Å². The predicted molar refractivity (Wildman–Crippen MR) is 111 cm³/mol. The van der Waals surface area contributed by atoms with Crippen LogP contribution in [0.4, 0.5) is 10.8 Å². The largest absolute Gasteiger partial charge is 0.496 e. The van der Waals surface area contributed by atoms with Gasteiger partial charge in [0.1, 0.15) is 5.75 Å². The van der Waals surface area contributed by atoms with E-state index in [9.17, 15) is 14.9 Å². The second-order valence-corrected chi connectivity index (χ2v) is 7.99. The quantitative estimate of drug-likeness (QED) is 0.337. The molecule has 28 heavy (non-hydrogen) atoms. The molecule has 7 nitrogen and oxygen atoms in total. The van der Waals surface area contributed by atoms with Gasteiger partial charge in [-0.05, 0) is 19.1 Å². The molecule has 0 aliphatic carbocycles. The van der Waals surface area contributed by atoms with Gasteiger partial charge >= 0.3 is 0 Å². The van der Waals surface area contributed by atoms with E-state index in [1.54, 1.807) is 24.6 Å². The molecule has 0 saturated heterocycles.